The van der Waals surface area contributed by atoms with Gasteiger partial charge in [-0.25, -0.2) is 4.98 Å². The summed E-state index contributed by atoms with van der Waals surface area (Å²) in [6.45, 7) is 3.85. The molecule has 2 aromatic rings. The molecule has 2 aromatic heterocycles. The third-order valence-electron chi connectivity index (χ3n) is 3.49. The third-order valence-corrected chi connectivity index (χ3v) is 3.49. The van der Waals surface area contributed by atoms with E-state index >= 15 is 0 Å². The van der Waals surface area contributed by atoms with Crippen LogP contribution in [0.1, 0.15) is 18.5 Å². The summed E-state index contributed by atoms with van der Waals surface area (Å²) < 4.78 is 1.97. The molecule has 6 heteroatoms. The molecule has 1 aliphatic rings. The van der Waals surface area contributed by atoms with E-state index in [9.17, 15) is 0 Å². The maximum atomic E-state index is 5.74. The normalized spacial score (nSPS) is 19.0. The number of anilines is 2. The molecule has 0 saturated carbocycles. The van der Waals surface area contributed by atoms with Crippen molar-refractivity contribution in [3.63, 3.8) is 0 Å². The fourth-order valence-electron chi connectivity index (χ4n) is 2.67. The van der Waals surface area contributed by atoms with Crippen molar-refractivity contribution < 1.29 is 0 Å². The Morgan fingerprint density at radius 3 is 3.05 bits per heavy atom. The molecule has 0 radical (unpaired) electrons. The molecule has 1 atom stereocenters. The molecule has 0 aliphatic carbocycles. The first-order valence-corrected chi connectivity index (χ1v) is 6.57. The van der Waals surface area contributed by atoms with Crippen molar-refractivity contribution in [2.75, 3.05) is 17.2 Å². The van der Waals surface area contributed by atoms with Crippen molar-refractivity contribution in [2.24, 2.45) is 0 Å². The Morgan fingerprint density at radius 1 is 1.42 bits per heavy atom. The first kappa shape index (κ1) is 12.0. The molecule has 1 aliphatic heterocycles. The molecule has 0 bridgehead atoms. The van der Waals surface area contributed by atoms with Gasteiger partial charge in [0.2, 0.25) is 5.95 Å². The lowest BCUT2D eigenvalue weighted by Gasteiger charge is -2.26. The number of aryl methyl sites for hydroxylation is 1. The second-order valence-electron chi connectivity index (χ2n) is 4.94. The zero-order chi connectivity index (χ0) is 13.2. The summed E-state index contributed by atoms with van der Waals surface area (Å²) >= 11 is 0. The minimum atomic E-state index is 0.347. The highest BCUT2D eigenvalue weighted by Gasteiger charge is 2.26. The molecular weight excluding hydrogens is 240 g/mol. The number of nitrogen functional groups attached to an aromatic ring is 1. The standard InChI is InChI=1S/C13H18N6/c1-10-8-12(17-13(14)16-10)19-7-2-4-11(19)9-18-6-3-5-15-18/h3,5-6,8,11H,2,4,7,9H2,1H3,(H2,14,16,17)/t11-/m1/s1. The van der Waals surface area contributed by atoms with Crippen molar-refractivity contribution in [1.29, 1.82) is 0 Å². The lowest BCUT2D eigenvalue weighted by atomic mass is 10.2. The van der Waals surface area contributed by atoms with Crippen LogP contribution in [0.3, 0.4) is 0 Å². The maximum absolute atomic E-state index is 5.74. The summed E-state index contributed by atoms with van der Waals surface area (Å²) in [7, 11) is 0. The van der Waals surface area contributed by atoms with Gasteiger partial charge in [0.05, 0.1) is 12.6 Å². The molecule has 0 spiro atoms. The molecule has 0 unspecified atom stereocenters. The second kappa shape index (κ2) is 4.87. The number of nitrogens with zero attached hydrogens (tertiary/aromatic N) is 5. The zero-order valence-corrected chi connectivity index (χ0v) is 11.0. The van der Waals surface area contributed by atoms with Crippen molar-refractivity contribution in [2.45, 2.75) is 32.4 Å². The van der Waals surface area contributed by atoms with Crippen LogP contribution in [0, 0.1) is 6.92 Å². The van der Waals surface area contributed by atoms with Gasteiger partial charge in [-0.15, -0.1) is 0 Å². The second-order valence-corrected chi connectivity index (χ2v) is 4.94. The molecular formula is C13H18N6. The molecule has 100 valence electrons. The van der Waals surface area contributed by atoms with Gasteiger partial charge in [0.25, 0.3) is 0 Å². The highest BCUT2D eigenvalue weighted by Crippen LogP contribution is 2.25. The first-order valence-electron chi connectivity index (χ1n) is 6.57. The van der Waals surface area contributed by atoms with Crippen LogP contribution in [0.15, 0.2) is 24.5 Å². The van der Waals surface area contributed by atoms with Crippen molar-refractivity contribution in [3.05, 3.63) is 30.2 Å². The topological polar surface area (TPSA) is 72.9 Å². The highest BCUT2D eigenvalue weighted by molar-refractivity contribution is 5.45. The average molecular weight is 258 g/mol. The predicted octanol–water partition coefficient (Wildman–Crippen LogP) is 1.23. The Labute approximate surface area is 112 Å². The summed E-state index contributed by atoms with van der Waals surface area (Å²) in [5.41, 5.74) is 6.65. The number of nitrogens with two attached hydrogens (primary N) is 1. The Balaban J connectivity index is 1.82. The van der Waals surface area contributed by atoms with E-state index in [1.165, 1.54) is 6.42 Å². The third kappa shape index (κ3) is 2.52. The Bertz CT molecular complexity index is 530. The summed E-state index contributed by atoms with van der Waals surface area (Å²) in [5, 5.41) is 4.28. The van der Waals surface area contributed by atoms with Gasteiger partial charge in [-0.3, -0.25) is 4.68 Å². The zero-order valence-electron chi connectivity index (χ0n) is 11.0. The van der Waals surface area contributed by atoms with Crippen LogP contribution in [-0.2, 0) is 6.54 Å². The SMILES string of the molecule is Cc1cc(N2CCC[C@@H]2Cn2cccn2)nc(N)n1. The van der Waals surface area contributed by atoms with Crippen molar-refractivity contribution >= 4 is 11.8 Å². The fraction of sp³-hybridized carbons (Fsp3) is 0.462. The number of hydrogen-bond donors (Lipinski definition) is 1. The number of rotatable bonds is 3. The molecule has 19 heavy (non-hydrogen) atoms. The number of aromatic nitrogens is 4. The van der Waals surface area contributed by atoms with E-state index in [0.29, 0.717) is 12.0 Å². The van der Waals surface area contributed by atoms with Gasteiger partial charge in [0.1, 0.15) is 5.82 Å². The van der Waals surface area contributed by atoms with E-state index < -0.39 is 0 Å². The monoisotopic (exact) mass is 258 g/mol. The number of hydrogen-bond acceptors (Lipinski definition) is 5. The fourth-order valence-corrected chi connectivity index (χ4v) is 2.67. The van der Waals surface area contributed by atoms with Gasteiger partial charge in [-0.05, 0) is 25.8 Å². The Kier molecular flexibility index (Phi) is 3.06. The van der Waals surface area contributed by atoms with Crippen LogP contribution in [0.4, 0.5) is 11.8 Å². The summed E-state index contributed by atoms with van der Waals surface area (Å²) in [5.74, 6) is 1.28. The summed E-state index contributed by atoms with van der Waals surface area (Å²) in [6, 6.07) is 4.37. The smallest absolute Gasteiger partial charge is 0.222 e. The van der Waals surface area contributed by atoms with Crippen molar-refractivity contribution in [1.82, 2.24) is 19.7 Å². The van der Waals surface area contributed by atoms with Crippen LogP contribution >= 0.6 is 0 Å². The molecule has 0 aromatic carbocycles. The summed E-state index contributed by atoms with van der Waals surface area (Å²) in [6.07, 6.45) is 6.14. The van der Waals surface area contributed by atoms with E-state index in [0.717, 1.165) is 31.0 Å². The quantitative estimate of drug-likeness (QED) is 0.896. The van der Waals surface area contributed by atoms with E-state index in [2.05, 4.69) is 20.0 Å². The highest BCUT2D eigenvalue weighted by atomic mass is 15.3. The minimum absolute atomic E-state index is 0.347. The van der Waals surface area contributed by atoms with Gasteiger partial charge in [0, 0.05) is 30.7 Å². The van der Waals surface area contributed by atoms with Crippen LogP contribution < -0.4 is 10.6 Å². The molecule has 2 N–H and O–H groups in total. The van der Waals surface area contributed by atoms with E-state index in [1.54, 1.807) is 0 Å². The van der Waals surface area contributed by atoms with Crippen molar-refractivity contribution in [3.8, 4) is 0 Å². The molecule has 3 rings (SSSR count). The molecule has 1 fully saturated rings. The van der Waals surface area contributed by atoms with Gasteiger partial charge in [0.15, 0.2) is 0 Å². The largest absolute Gasteiger partial charge is 0.368 e. The van der Waals surface area contributed by atoms with Gasteiger partial charge in [-0.1, -0.05) is 0 Å². The maximum Gasteiger partial charge on any atom is 0.222 e. The molecule has 0 amide bonds. The van der Waals surface area contributed by atoms with E-state index in [1.807, 2.05) is 36.1 Å². The first-order chi connectivity index (χ1) is 9.22. The molecule has 6 nitrogen and oxygen atoms in total. The average Bonchev–Trinajstić information content (AvgIpc) is 2.99. The Morgan fingerprint density at radius 2 is 2.32 bits per heavy atom. The van der Waals surface area contributed by atoms with Crippen LogP contribution in [-0.4, -0.2) is 32.3 Å². The van der Waals surface area contributed by atoms with Gasteiger partial charge < -0.3 is 10.6 Å². The van der Waals surface area contributed by atoms with E-state index in [-0.39, 0.29) is 0 Å². The minimum Gasteiger partial charge on any atom is -0.368 e. The predicted molar refractivity (Wildman–Crippen MR) is 73.8 cm³/mol. The van der Waals surface area contributed by atoms with Gasteiger partial charge in [-0.2, -0.15) is 10.1 Å². The van der Waals surface area contributed by atoms with E-state index in [4.69, 9.17) is 5.73 Å². The molecule has 1 saturated heterocycles. The van der Waals surface area contributed by atoms with Gasteiger partial charge >= 0.3 is 0 Å². The molecule has 3 heterocycles. The lowest BCUT2D eigenvalue weighted by molar-refractivity contribution is 0.507. The van der Waals surface area contributed by atoms with Crippen LogP contribution in [0.5, 0.6) is 0 Å². The summed E-state index contributed by atoms with van der Waals surface area (Å²) in [4.78, 5) is 10.8. The Hall–Kier alpha value is -2.11. The van der Waals surface area contributed by atoms with Crippen LogP contribution in [0.25, 0.3) is 0 Å². The van der Waals surface area contributed by atoms with Crippen LogP contribution in [0.2, 0.25) is 0 Å². The lowest BCUT2D eigenvalue weighted by Crippen LogP contribution is -2.34.